The van der Waals surface area contributed by atoms with Crippen LogP contribution in [-0.2, 0) is 26.2 Å². The van der Waals surface area contributed by atoms with Crippen LogP contribution in [0.2, 0.25) is 0 Å². The number of amides is 2. The van der Waals surface area contributed by atoms with E-state index >= 15 is 0 Å². The molecule has 0 unspecified atom stereocenters. The first kappa shape index (κ1) is 33.5. The standard InChI is InChI=1S/C32H49N3O4S/c1-2-3-4-5-6-7-8-9-10-11-12-13-17-23-31(36)33-25-24-32(37)35-29-21-18-22-30(26-29)40(38,39)34-27-28-19-15-14-16-20-28/h14-16,18-22,26,34H,2-13,17,23-25,27H2,1H3,(H,33,36)(H,35,37). The summed E-state index contributed by atoms with van der Waals surface area (Å²) >= 11 is 0. The van der Waals surface area contributed by atoms with Crippen molar-refractivity contribution in [1.29, 1.82) is 0 Å². The van der Waals surface area contributed by atoms with Crippen LogP contribution in [0.1, 0.15) is 109 Å². The van der Waals surface area contributed by atoms with Crippen molar-refractivity contribution in [2.45, 2.75) is 115 Å². The normalized spacial score (nSPS) is 11.3. The maximum absolute atomic E-state index is 12.7. The van der Waals surface area contributed by atoms with Gasteiger partial charge in [0.1, 0.15) is 0 Å². The van der Waals surface area contributed by atoms with Gasteiger partial charge in [-0.25, -0.2) is 13.1 Å². The van der Waals surface area contributed by atoms with Gasteiger partial charge in [0.05, 0.1) is 4.90 Å². The molecule has 0 aliphatic carbocycles. The number of nitrogens with one attached hydrogen (secondary N) is 3. The topological polar surface area (TPSA) is 104 Å². The number of benzene rings is 2. The van der Waals surface area contributed by atoms with Crippen LogP contribution < -0.4 is 15.4 Å². The second-order valence-corrected chi connectivity index (χ2v) is 12.2. The molecule has 40 heavy (non-hydrogen) atoms. The number of anilines is 1. The van der Waals surface area contributed by atoms with E-state index in [9.17, 15) is 18.0 Å². The molecule has 222 valence electrons. The highest BCUT2D eigenvalue weighted by Crippen LogP contribution is 2.16. The van der Waals surface area contributed by atoms with Gasteiger partial charge in [-0.15, -0.1) is 0 Å². The lowest BCUT2D eigenvalue weighted by molar-refractivity contribution is -0.121. The van der Waals surface area contributed by atoms with Gasteiger partial charge >= 0.3 is 0 Å². The number of sulfonamides is 1. The maximum atomic E-state index is 12.7. The Balaban J connectivity index is 1.53. The van der Waals surface area contributed by atoms with Crippen LogP contribution >= 0.6 is 0 Å². The smallest absolute Gasteiger partial charge is 0.240 e. The average molecular weight is 572 g/mol. The Hall–Kier alpha value is -2.71. The number of rotatable bonds is 22. The summed E-state index contributed by atoms with van der Waals surface area (Å²) in [4.78, 5) is 24.5. The van der Waals surface area contributed by atoms with Gasteiger partial charge in [0, 0.05) is 31.6 Å². The summed E-state index contributed by atoms with van der Waals surface area (Å²) < 4.78 is 27.9. The third-order valence-corrected chi connectivity index (χ3v) is 8.32. The first-order valence-electron chi connectivity index (χ1n) is 15.1. The first-order chi connectivity index (χ1) is 19.4. The van der Waals surface area contributed by atoms with Gasteiger partial charge in [-0.1, -0.05) is 120 Å². The minimum atomic E-state index is -3.73. The van der Waals surface area contributed by atoms with Crippen molar-refractivity contribution < 1.29 is 18.0 Å². The molecule has 0 saturated heterocycles. The zero-order chi connectivity index (χ0) is 28.9. The summed E-state index contributed by atoms with van der Waals surface area (Å²) in [6, 6.07) is 15.4. The molecule has 0 aliphatic rings. The van der Waals surface area contributed by atoms with Crippen molar-refractivity contribution in [2.24, 2.45) is 0 Å². The number of unbranched alkanes of at least 4 members (excludes halogenated alkanes) is 12. The Kier molecular flexibility index (Phi) is 16.9. The van der Waals surface area contributed by atoms with Gasteiger partial charge in [0.2, 0.25) is 21.8 Å². The lowest BCUT2D eigenvalue weighted by Crippen LogP contribution is -2.27. The fourth-order valence-electron chi connectivity index (χ4n) is 4.53. The predicted octanol–water partition coefficient (Wildman–Crippen LogP) is 7.09. The Labute approximate surface area is 242 Å². The summed E-state index contributed by atoms with van der Waals surface area (Å²) in [6.45, 7) is 2.68. The van der Waals surface area contributed by atoms with E-state index in [2.05, 4.69) is 22.3 Å². The van der Waals surface area contributed by atoms with Crippen LogP contribution in [0.15, 0.2) is 59.5 Å². The van der Waals surface area contributed by atoms with Gasteiger partial charge in [0.15, 0.2) is 0 Å². The summed E-state index contributed by atoms with van der Waals surface area (Å²) in [6.07, 6.45) is 17.1. The van der Waals surface area contributed by atoms with E-state index in [1.807, 2.05) is 30.3 Å². The van der Waals surface area contributed by atoms with Gasteiger partial charge in [-0.3, -0.25) is 9.59 Å². The van der Waals surface area contributed by atoms with E-state index < -0.39 is 10.0 Å². The highest BCUT2D eigenvalue weighted by Gasteiger charge is 2.15. The molecule has 7 nitrogen and oxygen atoms in total. The molecular weight excluding hydrogens is 522 g/mol. The van der Waals surface area contributed by atoms with Crippen molar-refractivity contribution in [1.82, 2.24) is 10.0 Å². The minimum Gasteiger partial charge on any atom is -0.356 e. The molecule has 0 spiro atoms. The molecule has 0 bridgehead atoms. The Morgan fingerprint density at radius 3 is 1.90 bits per heavy atom. The Bertz CT molecular complexity index is 1090. The zero-order valence-corrected chi connectivity index (χ0v) is 25.1. The summed E-state index contributed by atoms with van der Waals surface area (Å²) in [7, 11) is -3.73. The largest absolute Gasteiger partial charge is 0.356 e. The molecule has 2 rings (SSSR count). The lowest BCUT2D eigenvalue weighted by atomic mass is 10.0. The number of hydrogen-bond donors (Lipinski definition) is 3. The monoisotopic (exact) mass is 571 g/mol. The number of hydrogen-bond acceptors (Lipinski definition) is 4. The predicted molar refractivity (Wildman–Crippen MR) is 163 cm³/mol. The second-order valence-electron chi connectivity index (χ2n) is 10.5. The van der Waals surface area contributed by atoms with E-state index in [4.69, 9.17) is 0 Å². The molecule has 0 saturated carbocycles. The van der Waals surface area contributed by atoms with Crippen LogP contribution in [-0.4, -0.2) is 26.8 Å². The zero-order valence-electron chi connectivity index (χ0n) is 24.3. The highest BCUT2D eigenvalue weighted by molar-refractivity contribution is 7.89. The lowest BCUT2D eigenvalue weighted by Gasteiger charge is -2.10. The average Bonchev–Trinajstić information content (AvgIpc) is 2.95. The fourth-order valence-corrected chi connectivity index (χ4v) is 5.59. The van der Waals surface area contributed by atoms with Crippen LogP contribution in [0.5, 0.6) is 0 Å². The first-order valence-corrected chi connectivity index (χ1v) is 16.6. The number of carbonyl (C=O) groups is 2. The molecule has 0 aromatic heterocycles. The van der Waals surface area contributed by atoms with Crippen molar-refractivity contribution >= 4 is 27.5 Å². The molecule has 0 atom stereocenters. The van der Waals surface area contributed by atoms with E-state index in [1.165, 1.54) is 82.8 Å². The molecule has 0 aliphatic heterocycles. The molecule has 0 radical (unpaired) electrons. The third kappa shape index (κ3) is 15.2. The van der Waals surface area contributed by atoms with E-state index in [1.54, 1.807) is 12.1 Å². The van der Waals surface area contributed by atoms with Gasteiger partial charge < -0.3 is 10.6 Å². The molecule has 8 heteroatoms. The van der Waals surface area contributed by atoms with Crippen LogP contribution in [0.4, 0.5) is 5.69 Å². The molecule has 2 aromatic carbocycles. The number of carbonyl (C=O) groups excluding carboxylic acids is 2. The Morgan fingerprint density at radius 1 is 0.675 bits per heavy atom. The highest BCUT2D eigenvalue weighted by atomic mass is 32.2. The van der Waals surface area contributed by atoms with Crippen molar-refractivity contribution in [3.63, 3.8) is 0 Å². The van der Waals surface area contributed by atoms with Crippen molar-refractivity contribution in [3.8, 4) is 0 Å². The second kappa shape index (κ2) is 20.2. The summed E-state index contributed by atoms with van der Waals surface area (Å²) in [5, 5.41) is 5.52. The van der Waals surface area contributed by atoms with Crippen LogP contribution in [0.25, 0.3) is 0 Å². The van der Waals surface area contributed by atoms with Crippen molar-refractivity contribution in [2.75, 3.05) is 11.9 Å². The molecule has 2 amide bonds. The summed E-state index contributed by atoms with van der Waals surface area (Å²) in [5.74, 6) is -0.318. The van der Waals surface area contributed by atoms with E-state index in [0.717, 1.165) is 18.4 Å². The molecular formula is C32H49N3O4S. The van der Waals surface area contributed by atoms with Crippen LogP contribution in [0.3, 0.4) is 0 Å². The molecule has 0 fully saturated rings. The maximum Gasteiger partial charge on any atom is 0.240 e. The van der Waals surface area contributed by atoms with E-state index in [-0.39, 0.29) is 36.2 Å². The molecule has 2 aromatic rings. The fraction of sp³-hybridized carbons (Fsp3) is 0.562. The van der Waals surface area contributed by atoms with Gasteiger partial charge in [0.25, 0.3) is 0 Å². The molecule has 0 heterocycles. The van der Waals surface area contributed by atoms with Crippen LogP contribution in [0, 0.1) is 0 Å². The summed E-state index contributed by atoms with van der Waals surface area (Å²) in [5.41, 5.74) is 1.25. The molecule has 3 N–H and O–H groups in total. The van der Waals surface area contributed by atoms with E-state index in [0.29, 0.717) is 12.1 Å². The van der Waals surface area contributed by atoms with Gasteiger partial charge in [-0.2, -0.15) is 0 Å². The minimum absolute atomic E-state index is 0.0338. The van der Waals surface area contributed by atoms with Crippen molar-refractivity contribution in [3.05, 3.63) is 60.2 Å². The Morgan fingerprint density at radius 2 is 1.27 bits per heavy atom. The quantitative estimate of drug-likeness (QED) is 0.131. The van der Waals surface area contributed by atoms with Gasteiger partial charge in [-0.05, 0) is 30.2 Å². The third-order valence-electron chi connectivity index (χ3n) is 6.92. The SMILES string of the molecule is CCCCCCCCCCCCCCCC(=O)NCCC(=O)Nc1cccc(S(=O)(=O)NCc2ccccc2)c1.